The van der Waals surface area contributed by atoms with Crippen LogP contribution >= 0.6 is 11.6 Å². The van der Waals surface area contributed by atoms with Crippen LogP contribution in [0.3, 0.4) is 0 Å². The molecule has 5 rings (SSSR count). The number of amides is 3. The zero-order valence-electron chi connectivity index (χ0n) is 26.9. The van der Waals surface area contributed by atoms with Crippen LogP contribution in [-0.4, -0.2) is 57.5 Å². The predicted molar refractivity (Wildman–Crippen MR) is 177 cm³/mol. The summed E-state index contributed by atoms with van der Waals surface area (Å²) in [5.74, 6) is -4.83. The lowest BCUT2D eigenvalue weighted by Gasteiger charge is -2.26. The van der Waals surface area contributed by atoms with Gasteiger partial charge in [-0.1, -0.05) is 23.7 Å². The van der Waals surface area contributed by atoms with Crippen molar-refractivity contribution in [3.05, 3.63) is 94.5 Å². The average molecular weight is 733 g/mol. The van der Waals surface area contributed by atoms with Crippen LogP contribution in [-0.2, 0) is 15.1 Å². The number of carbonyl (C=O) groups excluding carboxylic acids is 3. The van der Waals surface area contributed by atoms with Crippen LogP contribution in [0.25, 0.3) is 0 Å². The van der Waals surface area contributed by atoms with E-state index in [2.05, 4.69) is 41.5 Å². The Hall–Kier alpha value is -5.58. The highest BCUT2D eigenvalue weighted by Gasteiger charge is 2.45. The zero-order valence-corrected chi connectivity index (χ0v) is 27.7. The molecule has 0 unspecified atom stereocenters. The molecule has 0 aliphatic heterocycles. The number of alkyl halides is 3. The van der Waals surface area contributed by atoms with Gasteiger partial charge < -0.3 is 31.3 Å². The number of halogens is 6. The number of nitrogens with one attached hydrogen (secondary N) is 5. The molecule has 12 nitrogen and oxygen atoms in total. The Bertz CT molecular complexity index is 1900. The Morgan fingerprint density at radius 1 is 0.843 bits per heavy atom. The van der Waals surface area contributed by atoms with Gasteiger partial charge in [-0.05, 0) is 80.8 Å². The van der Waals surface area contributed by atoms with E-state index < -0.39 is 59.2 Å². The molecule has 3 amide bonds. The van der Waals surface area contributed by atoms with Gasteiger partial charge in [0, 0.05) is 34.6 Å². The third-order valence-corrected chi connectivity index (χ3v) is 7.60. The van der Waals surface area contributed by atoms with Crippen molar-refractivity contribution in [3.63, 3.8) is 0 Å². The van der Waals surface area contributed by atoms with Crippen LogP contribution in [0.15, 0.2) is 66.7 Å². The monoisotopic (exact) mass is 732 g/mol. The van der Waals surface area contributed by atoms with Crippen molar-refractivity contribution in [1.29, 1.82) is 0 Å². The first-order valence-corrected chi connectivity index (χ1v) is 15.6. The lowest BCUT2D eigenvalue weighted by atomic mass is 10.1. The molecular formula is C33H30ClF5N8O4. The van der Waals surface area contributed by atoms with Gasteiger partial charge in [0.1, 0.15) is 11.6 Å². The first-order valence-electron chi connectivity index (χ1n) is 15.2. The maximum atomic E-state index is 13.4. The third kappa shape index (κ3) is 10.5. The van der Waals surface area contributed by atoms with Gasteiger partial charge in [0.2, 0.25) is 11.9 Å². The highest BCUT2D eigenvalue weighted by molar-refractivity contribution is 6.39. The highest BCUT2D eigenvalue weighted by Crippen LogP contribution is 2.48. The SMILES string of the molecule is CC(C)(CNC(=O)c1ccc(Nc2nc(NC3(c4ccc(Cl)cc4)CC3)nc(OCC(F)(F)F)n2)cc1)NC(=O)C(=O)Nc1cc(F)cc(F)c1. The van der Waals surface area contributed by atoms with Crippen molar-refractivity contribution in [1.82, 2.24) is 25.6 Å². The quantitative estimate of drug-likeness (QED) is 0.0890. The fraction of sp³-hybridized carbons (Fsp3) is 0.273. The van der Waals surface area contributed by atoms with E-state index in [1.165, 1.54) is 24.3 Å². The summed E-state index contributed by atoms with van der Waals surface area (Å²) in [5, 5.41) is 13.8. The molecule has 1 aliphatic rings. The van der Waals surface area contributed by atoms with Crippen LogP contribution in [0.4, 0.5) is 45.2 Å². The smallest absolute Gasteiger partial charge is 0.422 e. The van der Waals surface area contributed by atoms with Gasteiger partial charge in [-0.2, -0.15) is 28.1 Å². The number of aromatic nitrogens is 3. The van der Waals surface area contributed by atoms with Gasteiger partial charge in [-0.15, -0.1) is 0 Å². The molecule has 0 saturated heterocycles. The zero-order chi connectivity index (χ0) is 37.0. The molecule has 1 heterocycles. The van der Waals surface area contributed by atoms with Gasteiger partial charge in [-0.3, -0.25) is 14.4 Å². The van der Waals surface area contributed by atoms with Gasteiger partial charge in [0.05, 0.1) is 11.1 Å². The average Bonchev–Trinajstić information content (AvgIpc) is 3.82. The molecule has 1 saturated carbocycles. The molecule has 1 fully saturated rings. The second-order valence-electron chi connectivity index (χ2n) is 12.2. The van der Waals surface area contributed by atoms with Crippen LogP contribution in [0.1, 0.15) is 42.6 Å². The summed E-state index contributed by atoms with van der Waals surface area (Å²) in [4.78, 5) is 49.8. The molecule has 1 aromatic heterocycles. The van der Waals surface area contributed by atoms with Crippen LogP contribution < -0.4 is 31.3 Å². The summed E-state index contributed by atoms with van der Waals surface area (Å²) >= 11 is 6.01. The Morgan fingerprint density at radius 2 is 1.47 bits per heavy atom. The number of hydrogen-bond donors (Lipinski definition) is 5. The summed E-state index contributed by atoms with van der Waals surface area (Å²) < 4.78 is 70.3. The fourth-order valence-corrected chi connectivity index (χ4v) is 4.86. The molecule has 3 aromatic carbocycles. The lowest BCUT2D eigenvalue weighted by molar-refractivity contribution is -0.154. The molecule has 0 atom stereocenters. The maximum Gasteiger partial charge on any atom is 0.422 e. The first-order chi connectivity index (χ1) is 24.0. The van der Waals surface area contributed by atoms with Crippen LogP contribution in [0.5, 0.6) is 6.01 Å². The number of hydrogen-bond acceptors (Lipinski definition) is 9. The lowest BCUT2D eigenvalue weighted by Crippen LogP contribution is -2.54. The number of ether oxygens (including phenoxy) is 1. The van der Waals surface area contributed by atoms with Crippen molar-refractivity contribution in [2.75, 3.05) is 29.1 Å². The Kier molecular flexibility index (Phi) is 10.6. The van der Waals surface area contributed by atoms with Crippen molar-refractivity contribution >= 4 is 52.6 Å². The molecule has 268 valence electrons. The number of benzene rings is 3. The maximum absolute atomic E-state index is 13.4. The first kappa shape index (κ1) is 36.7. The summed E-state index contributed by atoms with van der Waals surface area (Å²) in [6.07, 6.45) is -3.21. The molecular weight excluding hydrogens is 703 g/mol. The summed E-state index contributed by atoms with van der Waals surface area (Å²) in [6, 6.07) is 14.8. The van der Waals surface area contributed by atoms with E-state index in [0.717, 1.165) is 17.7 Å². The minimum absolute atomic E-state index is 0.0248. The number of anilines is 4. The topological polar surface area (TPSA) is 159 Å². The van der Waals surface area contributed by atoms with E-state index in [9.17, 15) is 36.3 Å². The Labute approximate surface area is 292 Å². The third-order valence-electron chi connectivity index (χ3n) is 7.35. The van der Waals surface area contributed by atoms with Crippen molar-refractivity contribution in [3.8, 4) is 6.01 Å². The number of rotatable bonds is 12. The molecule has 5 N–H and O–H groups in total. The molecule has 0 bridgehead atoms. The fourth-order valence-electron chi connectivity index (χ4n) is 4.73. The summed E-state index contributed by atoms with van der Waals surface area (Å²) in [5.41, 5.74) is -0.446. The largest absolute Gasteiger partial charge is 0.454 e. The summed E-state index contributed by atoms with van der Waals surface area (Å²) in [6.45, 7) is 1.35. The van der Waals surface area contributed by atoms with E-state index in [1.807, 2.05) is 12.1 Å². The number of nitrogens with zero attached hydrogens (tertiary/aromatic N) is 3. The van der Waals surface area contributed by atoms with E-state index in [-0.39, 0.29) is 29.7 Å². The standard InChI is InChI=1S/C33H30ClF5N8O4/c1-31(2,46-27(50)26(49)41-24-14-21(35)13-22(36)15-24)16-40-25(48)18-3-9-23(10-4-18)42-28-43-29(45-30(44-28)51-17-33(37,38)39)47-32(11-12-32)19-5-7-20(34)8-6-19/h3-10,13-15H,11-12,16-17H2,1-2H3,(H,40,48)(H,41,49)(H,46,50)(H2,42,43,44,45,47). The van der Waals surface area contributed by atoms with Gasteiger partial charge >= 0.3 is 24.0 Å². The Morgan fingerprint density at radius 3 is 2.08 bits per heavy atom. The van der Waals surface area contributed by atoms with Gasteiger partial charge in [0.15, 0.2) is 6.61 Å². The molecule has 18 heteroatoms. The number of carbonyl (C=O) groups is 3. The highest BCUT2D eigenvalue weighted by atomic mass is 35.5. The molecule has 0 radical (unpaired) electrons. The second-order valence-corrected chi connectivity index (χ2v) is 12.7. The molecule has 4 aromatic rings. The predicted octanol–water partition coefficient (Wildman–Crippen LogP) is 5.85. The molecule has 51 heavy (non-hydrogen) atoms. The Balaban J connectivity index is 1.20. The van der Waals surface area contributed by atoms with Gasteiger partial charge in [-0.25, -0.2) is 8.78 Å². The molecule has 1 aliphatic carbocycles. The van der Waals surface area contributed by atoms with Crippen molar-refractivity contribution in [2.24, 2.45) is 0 Å². The van der Waals surface area contributed by atoms with E-state index in [4.69, 9.17) is 16.3 Å². The van der Waals surface area contributed by atoms with E-state index in [0.29, 0.717) is 29.6 Å². The van der Waals surface area contributed by atoms with Crippen LogP contribution in [0, 0.1) is 11.6 Å². The van der Waals surface area contributed by atoms with Crippen molar-refractivity contribution < 1.29 is 41.1 Å². The van der Waals surface area contributed by atoms with Crippen molar-refractivity contribution in [2.45, 2.75) is 43.9 Å². The normalized spacial score (nSPS) is 13.5. The minimum atomic E-state index is -4.63. The molecule has 0 spiro atoms. The van der Waals surface area contributed by atoms with E-state index >= 15 is 0 Å². The second kappa shape index (κ2) is 14.7. The summed E-state index contributed by atoms with van der Waals surface area (Å²) in [7, 11) is 0. The van der Waals surface area contributed by atoms with E-state index in [1.54, 1.807) is 26.0 Å². The van der Waals surface area contributed by atoms with Crippen LogP contribution in [0.2, 0.25) is 5.02 Å². The van der Waals surface area contributed by atoms with Gasteiger partial charge in [0.25, 0.3) is 5.91 Å². The minimum Gasteiger partial charge on any atom is -0.454 e.